The Labute approximate surface area is 178 Å². The maximum absolute atomic E-state index is 13.9. The van der Waals surface area contributed by atoms with Crippen molar-refractivity contribution in [3.63, 3.8) is 0 Å². The molecule has 1 aliphatic heterocycles. The lowest BCUT2D eigenvalue weighted by Gasteiger charge is -2.32. The summed E-state index contributed by atoms with van der Waals surface area (Å²) < 4.78 is 24.1. The summed E-state index contributed by atoms with van der Waals surface area (Å²) in [4.78, 5) is 29.9. The molecule has 29 heavy (non-hydrogen) atoms. The van der Waals surface area contributed by atoms with Crippen molar-refractivity contribution in [2.45, 2.75) is 12.8 Å². The van der Waals surface area contributed by atoms with Crippen LogP contribution in [-0.4, -0.2) is 56.1 Å². The predicted octanol–water partition coefficient (Wildman–Crippen LogP) is 3.15. The second kappa shape index (κ2) is 11.3. The number of aliphatic imine (C=N–C) groups is 1. The monoisotopic (exact) mass is 442 g/mol. The molecule has 2 N–H and O–H groups in total. The van der Waals surface area contributed by atoms with Crippen LogP contribution in [-0.2, 0) is 19.1 Å². The number of halogens is 2. The number of nitrogens with zero attached hydrogens (tertiary/aromatic N) is 1. The highest BCUT2D eigenvalue weighted by molar-refractivity contribution is 7.99. The van der Waals surface area contributed by atoms with Crippen molar-refractivity contribution in [1.82, 2.24) is 0 Å². The molecule has 0 bridgehead atoms. The smallest absolute Gasteiger partial charge is 0.336 e. The number of rotatable bonds is 9. The molecule has 1 heterocycles. The van der Waals surface area contributed by atoms with Crippen LogP contribution in [0.15, 0.2) is 40.5 Å². The fourth-order valence-electron chi connectivity index (χ4n) is 3.23. The third-order valence-corrected chi connectivity index (χ3v) is 5.77. The van der Waals surface area contributed by atoms with Gasteiger partial charge in [-0.05, 0) is 18.6 Å². The Morgan fingerprint density at radius 1 is 1.34 bits per heavy atom. The number of esters is 2. The Morgan fingerprint density at radius 3 is 2.66 bits per heavy atom. The van der Waals surface area contributed by atoms with Crippen LogP contribution < -0.4 is 5.73 Å². The predicted molar refractivity (Wildman–Crippen MR) is 113 cm³/mol. The van der Waals surface area contributed by atoms with E-state index in [1.54, 1.807) is 31.2 Å². The van der Waals surface area contributed by atoms with Crippen LogP contribution in [0.4, 0.5) is 4.39 Å². The van der Waals surface area contributed by atoms with Crippen molar-refractivity contribution in [1.29, 1.82) is 0 Å². The minimum atomic E-state index is -1.12. The van der Waals surface area contributed by atoms with Gasteiger partial charge in [-0.15, -0.1) is 0 Å². The Morgan fingerprint density at radius 2 is 2.07 bits per heavy atom. The van der Waals surface area contributed by atoms with Crippen LogP contribution in [0.3, 0.4) is 0 Å². The Bertz CT molecular complexity index is 815. The molecule has 158 valence electrons. The van der Waals surface area contributed by atoms with E-state index < -0.39 is 30.4 Å². The van der Waals surface area contributed by atoms with E-state index in [0.29, 0.717) is 34.3 Å². The first-order valence-electron chi connectivity index (χ1n) is 9.13. The highest BCUT2D eigenvalue weighted by Gasteiger charge is 2.44. The SMILES string of the molecule is CCOC(=O)C1=C(CSCCN)N=C(CF)C(C(=O)OC)C1c1ccccc1Cl. The maximum Gasteiger partial charge on any atom is 0.336 e. The molecule has 0 spiro atoms. The zero-order valence-corrected chi connectivity index (χ0v) is 17.9. The Balaban J connectivity index is 2.72. The van der Waals surface area contributed by atoms with Gasteiger partial charge in [-0.2, -0.15) is 11.8 Å². The summed E-state index contributed by atoms with van der Waals surface area (Å²) in [5.41, 5.74) is 6.61. The standard InChI is InChI=1S/C20H24ClFN2O4S/c1-3-28-20(26)18-15(11-29-9-8-23)24-14(10-22)17(19(25)27-2)16(18)12-6-4-5-7-13(12)21/h4-7,16-17H,3,8-11,23H2,1-2H3. The maximum atomic E-state index is 13.9. The first-order valence-corrected chi connectivity index (χ1v) is 10.7. The van der Waals surface area contributed by atoms with E-state index >= 15 is 0 Å². The first kappa shape index (κ1) is 23.4. The highest BCUT2D eigenvalue weighted by Crippen LogP contribution is 2.43. The third-order valence-electron chi connectivity index (χ3n) is 4.42. The van der Waals surface area contributed by atoms with E-state index in [1.807, 2.05) is 0 Å². The number of nitrogens with two attached hydrogens (primary N) is 1. The van der Waals surface area contributed by atoms with Gasteiger partial charge in [-0.3, -0.25) is 9.79 Å². The molecule has 1 aromatic rings. The van der Waals surface area contributed by atoms with Gasteiger partial charge in [-0.25, -0.2) is 9.18 Å². The van der Waals surface area contributed by atoms with Crippen LogP contribution >= 0.6 is 23.4 Å². The summed E-state index contributed by atoms with van der Waals surface area (Å²) in [6.07, 6.45) is 0. The van der Waals surface area contributed by atoms with Gasteiger partial charge in [0.25, 0.3) is 0 Å². The zero-order chi connectivity index (χ0) is 21.4. The van der Waals surface area contributed by atoms with Gasteiger partial charge in [0.15, 0.2) is 0 Å². The molecule has 6 nitrogen and oxygen atoms in total. The van der Waals surface area contributed by atoms with Crippen molar-refractivity contribution in [2.75, 3.05) is 38.4 Å². The van der Waals surface area contributed by atoms with Crippen molar-refractivity contribution in [3.05, 3.63) is 46.1 Å². The van der Waals surface area contributed by atoms with Crippen molar-refractivity contribution in [3.8, 4) is 0 Å². The molecule has 0 amide bonds. The molecule has 0 saturated heterocycles. The summed E-state index contributed by atoms with van der Waals surface area (Å²) in [6.45, 7) is 1.32. The van der Waals surface area contributed by atoms with Crippen molar-refractivity contribution >= 4 is 41.0 Å². The number of carbonyl (C=O) groups excluding carboxylic acids is 2. The van der Waals surface area contributed by atoms with Crippen molar-refractivity contribution < 1.29 is 23.5 Å². The highest BCUT2D eigenvalue weighted by atomic mass is 35.5. The van der Waals surface area contributed by atoms with Gasteiger partial charge in [-0.1, -0.05) is 29.8 Å². The quantitative estimate of drug-likeness (QED) is 0.466. The van der Waals surface area contributed by atoms with Crippen LogP contribution in [0.1, 0.15) is 18.4 Å². The molecule has 2 atom stereocenters. The van der Waals surface area contributed by atoms with E-state index in [0.717, 1.165) is 0 Å². The molecule has 1 aromatic carbocycles. The van der Waals surface area contributed by atoms with E-state index in [2.05, 4.69) is 4.99 Å². The number of benzene rings is 1. The van der Waals surface area contributed by atoms with Crippen LogP contribution in [0, 0.1) is 5.92 Å². The average Bonchev–Trinajstić information content (AvgIpc) is 2.72. The Hall–Kier alpha value is -1.90. The zero-order valence-electron chi connectivity index (χ0n) is 16.3. The molecule has 0 aromatic heterocycles. The van der Waals surface area contributed by atoms with Gasteiger partial charge in [0.05, 0.1) is 30.7 Å². The molecular weight excluding hydrogens is 419 g/mol. The lowest BCUT2D eigenvalue weighted by Crippen LogP contribution is -2.38. The molecule has 0 fully saturated rings. The molecule has 1 aliphatic rings. The number of hydrogen-bond donors (Lipinski definition) is 1. The first-order chi connectivity index (χ1) is 14.0. The van der Waals surface area contributed by atoms with Crippen LogP contribution in [0.25, 0.3) is 0 Å². The third kappa shape index (κ3) is 5.38. The molecule has 2 unspecified atom stereocenters. The van der Waals surface area contributed by atoms with E-state index in [1.165, 1.54) is 18.9 Å². The minimum Gasteiger partial charge on any atom is -0.468 e. The molecule has 0 radical (unpaired) electrons. The van der Waals surface area contributed by atoms with Gasteiger partial charge in [0, 0.05) is 29.0 Å². The van der Waals surface area contributed by atoms with Crippen LogP contribution in [0.5, 0.6) is 0 Å². The summed E-state index contributed by atoms with van der Waals surface area (Å²) in [5, 5.41) is 0.349. The van der Waals surface area contributed by atoms with Gasteiger partial charge in [0.1, 0.15) is 12.6 Å². The number of thioether (sulfide) groups is 1. The second-order valence-corrected chi connectivity index (χ2v) is 7.67. The number of alkyl halides is 1. The van der Waals surface area contributed by atoms with Gasteiger partial charge >= 0.3 is 11.9 Å². The van der Waals surface area contributed by atoms with E-state index in [-0.39, 0.29) is 17.9 Å². The second-order valence-electron chi connectivity index (χ2n) is 6.16. The number of methoxy groups -OCH3 is 1. The van der Waals surface area contributed by atoms with Gasteiger partial charge < -0.3 is 15.2 Å². The molecule has 9 heteroatoms. The van der Waals surface area contributed by atoms with E-state index in [9.17, 15) is 14.0 Å². The lowest BCUT2D eigenvalue weighted by atomic mass is 9.75. The molecule has 0 aliphatic carbocycles. The number of carbonyl (C=O) groups is 2. The molecule has 0 saturated carbocycles. The summed E-state index contributed by atoms with van der Waals surface area (Å²) in [6, 6.07) is 6.82. The van der Waals surface area contributed by atoms with Gasteiger partial charge in [0.2, 0.25) is 0 Å². The Kier molecular flexibility index (Phi) is 9.13. The largest absolute Gasteiger partial charge is 0.468 e. The minimum absolute atomic E-state index is 0.00170. The fraction of sp³-hybridized carbons (Fsp3) is 0.450. The fourth-order valence-corrected chi connectivity index (χ4v) is 4.21. The summed E-state index contributed by atoms with van der Waals surface area (Å²) >= 11 is 7.86. The van der Waals surface area contributed by atoms with Crippen LogP contribution in [0.2, 0.25) is 5.02 Å². The summed E-state index contributed by atoms with van der Waals surface area (Å²) in [7, 11) is 1.21. The number of hydrogen-bond acceptors (Lipinski definition) is 7. The lowest BCUT2D eigenvalue weighted by molar-refractivity contribution is -0.144. The van der Waals surface area contributed by atoms with Crippen molar-refractivity contribution in [2.24, 2.45) is 16.6 Å². The average molecular weight is 443 g/mol. The molecule has 2 rings (SSSR count). The normalized spacial score (nSPS) is 19.0. The summed E-state index contributed by atoms with van der Waals surface area (Å²) in [5.74, 6) is -2.33. The topological polar surface area (TPSA) is 91.0 Å². The molecular formula is C20H24ClFN2O4S. The van der Waals surface area contributed by atoms with E-state index in [4.69, 9.17) is 26.8 Å². The number of ether oxygens (including phenoxy) is 2.